The maximum Gasteiger partial charge on any atom is 0.317 e. The first-order valence-electron chi connectivity index (χ1n) is 19.8. The van der Waals surface area contributed by atoms with E-state index in [4.69, 9.17) is 10.7 Å². The molecule has 0 unspecified atom stereocenters. The molecule has 0 aliphatic carbocycles. The van der Waals surface area contributed by atoms with Crippen LogP contribution in [0.5, 0.6) is 0 Å². The van der Waals surface area contributed by atoms with E-state index in [-0.39, 0.29) is 56.8 Å². The first-order valence-corrected chi connectivity index (χ1v) is 19.8. The fourth-order valence-electron chi connectivity index (χ4n) is 6.41. The number of rotatable bonds is 21. The van der Waals surface area contributed by atoms with Crippen molar-refractivity contribution in [2.75, 3.05) is 91.8 Å². The summed E-state index contributed by atoms with van der Waals surface area (Å²) in [6.45, 7) is 7.08. The molecule has 0 radical (unpaired) electrons. The van der Waals surface area contributed by atoms with Gasteiger partial charge in [-0.1, -0.05) is 68.4 Å². The largest absolute Gasteiger partial charge is 0.480 e. The third-order valence-electron chi connectivity index (χ3n) is 9.73. The molecule has 0 spiro atoms. The van der Waals surface area contributed by atoms with Crippen molar-refractivity contribution >= 4 is 35.4 Å². The Morgan fingerprint density at radius 2 is 1.11 bits per heavy atom. The number of nitrogens with zero attached hydrogens (tertiary/aromatic N) is 5. The van der Waals surface area contributed by atoms with Crippen LogP contribution in [0.2, 0.25) is 0 Å². The molecule has 3 rings (SSSR count). The standard InChI is InChI=1S/C41H62N8O8/c1-31(2)8-6-16-43-40(56)35(42)11-7-17-44-41(57)36(26-32-12-14-34(15-13-32)33-9-4-3-5-10-33)45-30-49-24-22-47(28-38(52)53)20-18-46(27-37(50)51)19-21-48(23-25-49)29-39(54)55/h3-5,9-10,12-15,31,35H,6-8,11,16-30,42H2,1-2H3,(H,43,56)(H,44,57)(H,50,51)(H,52,53)(H,54,55)/t35-/m1/s1. The van der Waals surface area contributed by atoms with Crippen LogP contribution >= 0.6 is 0 Å². The third kappa shape index (κ3) is 19.3. The van der Waals surface area contributed by atoms with Gasteiger partial charge in [-0.2, -0.15) is 0 Å². The Labute approximate surface area is 336 Å². The van der Waals surface area contributed by atoms with Gasteiger partial charge < -0.3 is 31.7 Å². The summed E-state index contributed by atoms with van der Waals surface area (Å²) in [6, 6.07) is 17.2. The fraction of sp³-hybridized carbons (Fsp3) is 0.561. The number of nitrogens with one attached hydrogen (secondary N) is 2. The lowest BCUT2D eigenvalue weighted by Crippen LogP contribution is -2.48. The van der Waals surface area contributed by atoms with Crippen LogP contribution in [-0.4, -0.2) is 168 Å². The Balaban J connectivity index is 1.77. The lowest BCUT2D eigenvalue weighted by atomic mass is 10.0. The molecule has 57 heavy (non-hydrogen) atoms. The van der Waals surface area contributed by atoms with Crippen LogP contribution in [0.15, 0.2) is 59.6 Å². The molecular formula is C41H62N8O8. The number of benzene rings is 2. The normalized spacial score (nSPS) is 16.3. The number of carbonyl (C=O) groups excluding carboxylic acids is 2. The summed E-state index contributed by atoms with van der Waals surface area (Å²) in [5.41, 5.74) is 9.39. The van der Waals surface area contributed by atoms with Crippen LogP contribution in [-0.2, 0) is 30.4 Å². The molecule has 0 aromatic heterocycles. The SMILES string of the molecule is CC(C)CCCNC(=O)[C@H](N)CCCNC(=O)C(Cc1ccc(-c2ccccc2)cc1)=NCN1CCN(CC(=O)O)CCN(CC(=O)O)CCN(CC(=O)O)CC1. The van der Waals surface area contributed by atoms with Crippen LogP contribution in [0.25, 0.3) is 11.1 Å². The number of aliphatic carboxylic acids is 3. The summed E-state index contributed by atoms with van der Waals surface area (Å²) in [6.07, 6.45) is 3.02. The second-order valence-electron chi connectivity index (χ2n) is 14.9. The lowest BCUT2D eigenvalue weighted by Gasteiger charge is -2.32. The molecule has 1 heterocycles. The molecule has 0 bridgehead atoms. The molecule has 2 aromatic rings. The zero-order valence-electron chi connectivity index (χ0n) is 33.5. The van der Waals surface area contributed by atoms with E-state index in [2.05, 4.69) is 24.5 Å². The van der Waals surface area contributed by atoms with E-state index in [0.717, 1.165) is 29.5 Å². The minimum atomic E-state index is -1.02. The van der Waals surface area contributed by atoms with Crippen molar-refractivity contribution in [3.05, 3.63) is 60.2 Å². The lowest BCUT2D eigenvalue weighted by molar-refractivity contribution is -0.140. The highest BCUT2D eigenvalue weighted by Gasteiger charge is 2.21. The number of hydrogen-bond donors (Lipinski definition) is 6. The van der Waals surface area contributed by atoms with Crippen molar-refractivity contribution in [3.63, 3.8) is 0 Å². The first kappa shape index (κ1) is 46.6. The molecule has 1 aliphatic heterocycles. The summed E-state index contributed by atoms with van der Waals surface area (Å²) in [5, 5.41) is 34.5. The minimum Gasteiger partial charge on any atom is -0.480 e. The van der Waals surface area contributed by atoms with Crippen molar-refractivity contribution in [3.8, 4) is 11.1 Å². The molecule has 2 aromatic carbocycles. The second kappa shape index (κ2) is 25.5. The first-order chi connectivity index (χ1) is 27.3. The molecule has 2 amide bonds. The van der Waals surface area contributed by atoms with Gasteiger partial charge in [0.15, 0.2) is 0 Å². The maximum atomic E-state index is 13.7. The monoisotopic (exact) mass is 794 g/mol. The van der Waals surface area contributed by atoms with Crippen molar-refractivity contribution < 1.29 is 39.3 Å². The average molecular weight is 795 g/mol. The van der Waals surface area contributed by atoms with Gasteiger partial charge in [0, 0.05) is 71.9 Å². The van der Waals surface area contributed by atoms with Crippen LogP contribution in [0.3, 0.4) is 0 Å². The number of carbonyl (C=O) groups is 5. The Bertz CT molecular complexity index is 1560. The molecule has 1 aliphatic rings. The Kier molecular flexibility index (Phi) is 20.9. The van der Waals surface area contributed by atoms with Gasteiger partial charge in [-0.15, -0.1) is 0 Å². The minimum absolute atomic E-state index is 0.0969. The van der Waals surface area contributed by atoms with Gasteiger partial charge in [0.1, 0.15) is 5.71 Å². The Morgan fingerprint density at radius 1 is 0.649 bits per heavy atom. The molecule has 1 atom stereocenters. The molecule has 16 nitrogen and oxygen atoms in total. The summed E-state index contributed by atoms with van der Waals surface area (Å²) < 4.78 is 0. The average Bonchev–Trinajstić information content (AvgIpc) is 3.16. The van der Waals surface area contributed by atoms with E-state index in [1.807, 2.05) is 59.5 Å². The van der Waals surface area contributed by atoms with E-state index >= 15 is 0 Å². The third-order valence-corrected chi connectivity index (χ3v) is 9.73. The van der Waals surface area contributed by atoms with Crippen molar-refractivity contribution in [2.45, 2.75) is 52.0 Å². The summed E-state index contributed by atoms with van der Waals surface area (Å²) in [7, 11) is 0. The van der Waals surface area contributed by atoms with Gasteiger partial charge in [0.2, 0.25) is 5.91 Å². The molecule has 16 heteroatoms. The number of amides is 2. The summed E-state index contributed by atoms with van der Waals surface area (Å²) in [5.74, 6) is -3.05. The van der Waals surface area contributed by atoms with Gasteiger partial charge in [-0.3, -0.25) is 48.6 Å². The highest BCUT2D eigenvalue weighted by Crippen LogP contribution is 2.19. The quantitative estimate of drug-likeness (QED) is 0.0782. The van der Waals surface area contributed by atoms with E-state index in [9.17, 15) is 39.3 Å². The zero-order chi connectivity index (χ0) is 41.6. The topological polar surface area (TPSA) is 221 Å². The van der Waals surface area contributed by atoms with Gasteiger partial charge in [-0.25, -0.2) is 0 Å². The molecule has 1 saturated heterocycles. The van der Waals surface area contributed by atoms with Crippen molar-refractivity contribution in [2.24, 2.45) is 16.6 Å². The molecule has 314 valence electrons. The summed E-state index contributed by atoms with van der Waals surface area (Å²) in [4.78, 5) is 73.1. The molecule has 7 N–H and O–H groups in total. The predicted octanol–water partition coefficient (Wildman–Crippen LogP) is 1.55. The van der Waals surface area contributed by atoms with Crippen molar-refractivity contribution in [1.82, 2.24) is 30.2 Å². The van der Waals surface area contributed by atoms with Crippen molar-refractivity contribution in [1.29, 1.82) is 0 Å². The van der Waals surface area contributed by atoms with E-state index in [0.29, 0.717) is 77.7 Å². The van der Waals surface area contributed by atoms with Crippen LogP contribution in [0, 0.1) is 5.92 Å². The number of hydrogen-bond acceptors (Lipinski definition) is 11. The van der Waals surface area contributed by atoms with Gasteiger partial charge in [0.25, 0.3) is 5.91 Å². The Hall–Kier alpha value is -4.74. The van der Waals surface area contributed by atoms with Crippen LogP contribution in [0.4, 0.5) is 0 Å². The number of nitrogens with two attached hydrogens (primary N) is 1. The molecule has 1 fully saturated rings. The number of carboxylic acids is 3. The van der Waals surface area contributed by atoms with E-state index in [1.165, 1.54) is 0 Å². The smallest absolute Gasteiger partial charge is 0.317 e. The molecular weight excluding hydrogens is 732 g/mol. The maximum absolute atomic E-state index is 13.7. The number of carboxylic acid groups (broad SMARTS) is 3. The Morgan fingerprint density at radius 3 is 1.60 bits per heavy atom. The molecule has 0 saturated carbocycles. The van der Waals surface area contributed by atoms with Gasteiger partial charge in [0.05, 0.1) is 32.3 Å². The highest BCUT2D eigenvalue weighted by molar-refractivity contribution is 6.39. The van der Waals surface area contributed by atoms with Gasteiger partial charge in [-0.05, 0) is 48.3 Å². The summed E-state index contributed by atoms with van der Waals surface area (Å²) >= 11 is 0. The zero-order valence-corrected chi connectivity index (χ0v) is 33.5. The number of aliphatic imine (C=N–C) groups is 1. The highest BCUT2D eigenvalue weighted by atomic mass is 16.4. The van der Waals surface area contributed by atoms with E-state index < -0.39 is 23.9 Å². The fourth-order valence-corrected chi connectivity index (χ4v) is 6.41. The van der Waals surface area contributed by atoms with Crippen LogP contribution < -0.4 is 16.4 Å². The second-order valence-corrected chi connectivity index (χ2v) is 14.9. The predicted molar refractivity (Wildman–Crippen MR) is 219 cm³/mol. The van der Waals surface area contributed by atoms with Crippen LogP contribution in [0.1, 0.15) is 45.1 Å². The van der Waals surface area contributed by atoms with E-state index in [1.54, 1.807) is 14.7 Å². The van der Waals surface area contributed by atoms with Gasteiger partial charge >= 0.3 is 17.9 Å².